The lowest BCUT2D eigenvalue weighted by molar-refractivity contribution is -0.113. The van der Waals surface area contributed by atoms with Gasteiger partial charge in [0.25, 0.3) is 5.56 Å². The standard InChI is InChI=1S/C19H15N5O3S/c1-27-14-6-4-13(5-7-14)22-16(25)11-28-19-23-17(12-3-2-8-21-10-12)15(9-20)18(26)24-19/h2-8,10H,11H2,1H3,(H,22,25)(H,23,24,26). The average Bonchev–Trinajstić information content (AvgIpc) is 2.73. The molecule has 0 atom stereocenters. The topological polar surface area (TPSA) is 121 Å². The molecule has 0 radical (unpaired) electrons. The molecule has 2 heterocycles. The van der Waals surface area contributed by atoms with Gasteiger partial charge in [-0.1, -0.05) is 11.8 Å². The van der Waals surface area contributed by atoms with Crippen LogP contribution in [-0.4, -0.2) is 33.7 Å². The Labute approximate surface area is 164 Å². The van der Waals surface area contributed by atoms with Crippen LogP contribution in [0.25, 0.3) is 11.3 Å². The maximum Gasteiger partial charge on any atom is 0.270 e. The second-order valence-corrected chi connectivity index (χ2v) is 6.48. The minimum Gasteiger partial charge on any atom is -0.497 e. The van der Waals surface area contributed by atoms with Gasteiger partial charge in [-0.25, -0.2) is 4.98 Å². The molecule has 2 N–H and O–H groups in total. The van der Waals surface area contributed by atoms with Gasteiger partial charge in [0.05, 0.1) is 18.6 Å². The number of aromatic amines is 1. The molecule has 0 fully saturated rings. The number of nitrogens with zero attached hydrogens (tertiary/aromatic N) is 3. The van der Waals surface area contributed by atoms with E-state index in [1.165, 1.54) is 6.20 Å². The minimum atomic E-state index is -0.561. The summed E-state index contributed by atoms with van der Waals surface area (Å²) in [7, 11) is 1.56. The second kappa shape index (κ2) is 8.83. The maximum absolute atomic E-state index is 12.2. The molecule has 0 aliphatic rings. The molecule has 1 amide bonds. The average molecular weight is 393 g/mol. The van der Waals surface area contributed by atoms with Crippen LogP contribution in [0.4, 0.5) is 5.69 Å². The minimum absolute atomic E-state index is 0.0351. The van der Waals surface area contributed by atoms with E-state index in [2.05, 4.69) is 20.3 Å². The normalized spacial score (nSPS) is 10.1. The zero-order valence-electron chi connectivity index (χ0n) is 14.8. The first kappa shape index (κ1) is 19.1. The zero-order chi connectivity index (χ0) is 19.9. The van der Waals surface area contributed by atoms with Crippen LogP contribution in [0, 0.1) is 11.3 Å². The van der Waals surface area contributed by atoms with E-state index in [-0.39, 0.29) is 28.1 Å². The number of nitriles is 1. The number of benzene rings is 1. The Morgan fingerprint density at radius 3 is 2.75 bits per heavy atom. The predicted octanol–water partition coefficient (Wildman–Crippen LogP) is 2.44. The third kappa shape index (κ3) is 4.55. The van der Waals surface area contributed by atoms with Gasteiger partial charge in [0.1, 0.15) is 17.4 Å². The maximum atomic E-state index is 12.2. The number of hydrogen-bond acceptors (Lipinski definition) is 7. The Morgan fingerprint density at radius 1 is 1.32 bits per heavy atom. The van der Waals surface area contributed by atoms with E-state index in [0.717, 1.165) is 11.8 Å². The number of H-pyrrole nitrogens is 1. The molecule has 8 nitrogen and oxygen atoms in total. The van der Waals surface area contributed by atoms with Gasteiger partial charge in [0, 0.05) is 23.6 Å². The lowest BCUT2D eigenvalue weighted by Crippen LogP contribution is -2.17. The number of aromatic nitrogens is 3. The monoisotopic (exact) mass is 393 g/mol. The summed E-state index contributed by atoms with van der Waals surface area (Å²) in [6.07, 6.45) is 3.11. The number of rotatable bonds is 6. The van der Waals surface area contributed by atoms with Crippen molar-refractivity contribution >= 4 is 23.4 Å². The highest BCUT2D eigenvalue weighted by Crippen LogP contribution is 2.21. The van der Waals surface area contributed by atoms with Crippen molar-refractivity contribution in [1.29, 1.82) is 5.26 Å². The molecule has 2 aromatic heterocycles. The molecule has 0 saturated carbocycles. The quantitative estimate of drug-likeness (QED) is 0.487. The van der Waals surface area contributed by atoms with Crippen LogP contribution < -0.4 is 15.6 Å². The van der Waals surface area contributed by atoms with Crippen molar-refractivity contribution in [2.75, 3.05) is 18.2 Å². The van der Waals surface area contributed by atoms with Crippen LogP contribution in [0.5, 0.6) is 5.75 Å². The van der Waals surface area contributed by atoms with Crippen molar-refractivity contribution in [3.05, 3.63) is 64.7 Å². The Hall–Kier alpha value is -3.64. The molecule has 9 heteroatoms. The molecule has 1 aromatic carbocycles. The van der Waals surface area contributed by atoms with E-state index in [0.29, 0.717) is 17.0 Å². The molecular formula is C19H15N5O3S. The van der Waals surface area contributed by atoms with Crippen molar-refractivity contribution in [3.8, 4) is 23.1 Å². The second-order valence-electron chi connectivity index (χ2n) is 5.51. The Morgan fingerprint density at radius 2 is 2.11 bits per heavy atom. The van der Waals surface area contributed by atoms with Gasteiger partial charge in [0.15, 0.2) is 5.16 Å². The summed E-state index contributed by atoms with van der Waals surface area (Å²) in [6, 6.07) is 12.2. The van der Waals surface area contributed by atoms with Gasteiger partial charge in [-0.05, 0) is 36.4 Å². The molecule has 3 aromatic rings. The zero-order valence-corrected chi connectivity index (χ0v) is 15.6. The third-order valence-electron chi connectivity index (χ3n) is 3.66. The van der Waals surface area contributed by atoms with E-state index in [1.54, 1.807) is 49.7 Å². The predicted molar refractivity (Wildman–Crippen MR) is 105 cm³/mol. The number of carbonyl (C=O) groups excluding carboxylic acids is 1. The third-order valence-corrected chi connectivity index (χ3v) is 4.53. The van der Waals surface area contributed by atoms with Gasteiger partial charge in [-0.3, -0.25) is 14.6 Å². The van der Waals surface area contributed by atoms with E-state index in [1.807, 2.05) is 6.07 Å². The molecule has 0 aliphatic carbocycles. The molecule has 0 unspecified atom stereocenters. The number of thioether (sulfide) groups is 1. The van der Waals surface area contributed by atoms with E-state index in [4.69, 9.17) is 4.74 Å². The molecule has 0 aliphatic heterocycles. The van der Waals surface area contributed by atoms with Crippen LogP contribution in [0.15, 0.2) is 58.7 Å². The molecule has 140 valence electrons. The first-order valence-corrected chi connectivity index (χ1v) is 9.11. The fourth-order valence-electron chi connectivity index (χ4n) is 2.34. The van der Waals surface area contributed by atoms with Gasteiger partial charge >= 0.3 is 0 Å². The van der Waals surface area contributed by atoms with Crippen LogP contribution in [0.2, 0.25) is 0 Å². The number of anilines is 1. The number of hydrogen-bond donors (Lipinski definition) is 2. The smallest absolute Gasteiger partial charge is 0.270 e. The summed E-state index contributed by atoms with van der Waals surface area (Å²) in [5, 5.41) is 12.3. The van der Waals surface area contributed by atoms with Crippen LogP contribution in [0.3, 0.4) is 0 Å². The fraction of sp³-hybridized carbons (Fsp3) is 0.105. The van der Waals surface area contributed by atoms with Crippen molar-refractivity contribution in [2.24, 2.45) is 0 Å². The molecule has 0 saturated heterocycles. The Balaban J connectivity index is 1.73. The first-order valence-electron chi connectivity index (χ1n) is 8.12. The summed E-state index contributed by atoms with van der Waals surface area (Å²) in [5.74, 6) is 0.465. The van der Waals surface area contributed by atoms with Crippen LogP contribution in [-0.2, 0) is 4.79 Å². The number of amides is 1. The summed E-state index contributed by atoms with van der Waals surface area (Å²) < 4.78 is 5.07. The van der Waals surface area contributed by atoms with Gasteiger partial charge < -0.3 is 15.0 Å². The van der Waals surface area contributed by atoms with Crippen molar-refractivity contribution in [1.82, 2.24) is 15.0 Å². The van der Waals surface area contributed by atoms with Crippen molar-refractivity contribution in [3.63, 3.8) is 0 Å². The summed E-state index contributed by atoms with van der Waals surface area (Å²) in [6.45, 7) is 0. The lowest BCUT2D eigenvalue weighted by atomic mass is 10.1. The molecular weight excluding hydrogens is 378 g/mol. The fourth-order valence-corrected chi connectivity index (χ4v) is 3.00. The highest BCUT2D eigenvalue weighted by atomic mass is 32.2. The number of nitrogens with one attached hydrogen (secondary N) is 2. The highest BCUT2D eigenvalue weighted by Gasteiger charge is 2.14. The number of ether oxygens (including phenoxy) is 1. The number of methoxy groups -OCH3 is 1. The summed E-state index contributed by atoms with van der Waals surface area (Å²) in [5.41, 5.74) is 0.755. The summed E-state index contributed by atoms with van der Waals surface area (Å²) in [4.78, 5) is 35.2. The van der Waals surface area contributed by atoms with E-state index < -0.39 is 5.56 Å². The van der Waals surface area contributed by atoms with Crippen LogP contribution in [0.1, 0.15) is 5.56 Å². The molecule has 0 bridgehead atoms. The largest absolute Gasteiger partial charge is 0.497 e. The molecule has 3 rings (SSSR count). The van der Waals surface area contributed by atoms with Gasteiger partial charge in [-0.15, -0.1) is 0 Å². The van der Waals surface area contributed by atoms with Gasteiger partial charge in [0.2, 0.25) is 5.91 Å². The lowest BCUT2D eigenvalue weighted by Gasteiger charge is -2.07. The SMILES string of the molecule is COc1ccc(NC(=O)CSc2nc(-c3cccnc3)c(C#N)c(=O)[nH]2)cc1. The Kier molecular flexibility index (Phi) is 6.04. The Bertz CT molecular complexity index is 1080. The van der Waals surface area contributed by atoms with Gasteiger partial charge in [-0.2, -0.15) is 5.26 Å². The van der Waals surface area contributed by atoms with Crippen molar-refractivity contribution < 1.29 is 9.53 Å². The highest BCUT2D eigenvalue weighted by molar-refractivity contribution is 7.99. The van der Waals surface area contributed by atoms with E-state index >= 15 is 0 Å². The van der Waals surface area contributed by atoms with Crippen LogP contribution >= 0.6 is 11.8 Å². The van der Waals surface area contributed by atoms with E-state index in [9.17, 15) is 14.9 Å². The van der Waals surface area contributed by atoms with Crippen molar-refractivity contribution in [2.45, 2.75) is 5.16 Å². The first-order chi connectivity index (χ1) is 13.6. The number of carbonyl (C=O) groups is 1. The summed E-state index contributed by atoms with van der Waals surface area (Å²) >= 11 is 1.06. The molecule has 28 heavy (non-hydrogen) atoms. The number of pyridine rings is 1. The molecule has 0 spiro atoms.